The number of benzene rings is 2. The maximum Gasteiger partial charge on any atom is 0.203 e. The molecule has 0 saturated heterocycles. The third-order valence-corrected chi connectivity index (χ3v) is 3.85. The van der Waals surface area contributed by atoms with Crippen molar-refractivity contribution in [2.45, 2.75) is 0 Å². The quantitative estimate of drug-likeness (QED) is 0.556. The zero-order chi connectivity index (χ0) is 19.1. The van der Waals surface area contributed by atoms with Gasteiger partial charge in [0.25, 0.3) is 0 Å². The molecule has 6 nitrogen and oxygen atoms in total. The number of hydrogen-bond donors (Lipinski definition) is 0. The second-order valence-electron chi connectivity index (χ2n) is 5.16. The number of ether oxygens (including phenoxy) is 5. The lowest BCUT2D eigenvalue weighted by Crippen LogP contribution is -1.97. The van der Waals surface area contributed by atoms with Crippen LogP contribution in [0.1, 0.15) is 11.1 Å². The highest BCUT2D eigenvalue weighted by Crippen LogP contribution is 2.41. The van der Waals surface area contributed by atoms with E-state index in [0.717, 1.165) is 0 Å². The first kappa shape index (κ1) is 19.0. The summed E-state index contributed by atoms with van der Waals surface area (Å²) in [4.78, 5) is 0. The highest BCUT2D eigenvalue weighted by atomic mass is 16.5. The third kappa shape index (κ3) is 3.67. The van der Waals surface area contributed by atoms with E-state index in [-0.39, 0.29) is 0 Å². The molecule has 26 heavy (non-hydrogen) atoms. The molecule has 0 amide bonds. The Morgan fingerprint density at radius 2 is 1.38 bits per heavy atom. The van der Waals surface area contributed by atoms with Crippen LogP contribution in [0.4, 0.5) is 0 Å². The van der Waals surface area contributed by atoms with Crippen LogP contribution in [-0.2, 0) is 0 Å². The number of allylic oxidation sites excluding steroid dienone is 1. The van der Waals surface area contributed by atoms with Crippen LogP contribution in [0.15, 0.2) is 30.3 Å². The van der Waals surface area contributed by atoms with Gasteiger partial charge in [-0.05, 0) is 42.0 Å². The fourth-order valence-corrected chi connectivity index (χ4v) is 2.58. The van der Waals surface area contributed by atoms with Crippen LogP contribution in [0.2, 0.25) is 0 Å². The Morgan fingerprint density at radius 1 is 0.769 bits per heavy atom. The van der Waals surface area contributed by atoms with Crippen molar-refractivity contribution in [3.8, 4) is 34.8 Å². The van der Waals surface area contributed by atoms with Crippen LogP contribution in [-0.4, -0.2) is 35.5 Å². The van der Waals surface area contributed by atoms with Crippen LogP contribution in [0, 0.1) is 11.3 Å². The van der Waals surface area contributed by atoms with E-state index in [2.05, 4.69) is 6.07 Å². The Labute approximate surface area is 153 Å². The molecule has 0 N–H and O–H groups in total. The zero-order valence-corrected chi connectivity index (χ0v) is 15.5. The van der Waals surface area contributed by atoms with Crippen molar-refractivity contribution in [1.82, 2.24) is 0 Å². The third-order valence-electron chi connectivity index (χ3n) is 3.85. The minimum absolute atomic E-state index is 0.441. The van der Waals surface area contributed by atoms with Crippen molar-refractivity contribution >= 4 is 11.6 Å². The van der Waals surface area contributed by atoms with E-state index >= 15 is 0 Å². The molecule has 0 aliphatic carbocycles. The predicted molar refractivity (Wildman–Crippen MR) is 99.1 cm³/mol. The molecule has 0 saturated carbocycles. The molecule has 0 fully saturated rings. The van der Waals surface area contributed by atoms with Crippen LogP contribution in [0.25, 0.3) is 11.6 Å². The molecular formula is C20H21NO5. The van der Waals surface area contributed by atoms with Crippen molar-refractivity contribution < 1.29 is 23.7 Å². The molecule has 0 aromatic heterocycles. The number of nitrogens with zero attached hydrogens (tertiary/aromatic N) is 1. The standard InChI is InChI=1S/C20H21NO5/c1-22-16-8-6-13(11-18(16)24-3)15(12-21)10-14-7-9-17(23-2)20(26-5)19(14)25-4/h6-11H,1-5H3/b15-10-. The normalized spacial score (nSPS) is 10.7. The average Bonchev–Trinajstić information content (AvgIpc) is 2.70. The molecule has 0 aliphatic heterocycles. The van der Waals surface area contributed by atoms with Gasteiger partial charge in [0.2, 0.25) is 5.75 Å². The molecule has 0 aliphatic rings. The van der Waals surface area contributed by atoms with Gasteiger partial charge in [-0.15, -0.1) is 0 Å². The fraction of sp³-hybridized carbons (Fsp3) is 0.250. The van der Waals surface area contributed by atoms with Crippen LogP contribution in [0.5, 0.6) is 28.7 Å². The highest BCUT2D eigenvalue weighted by molar-refractivity contribution is 5.91. The van der Waals surface area contributed by atoms with Crippen molar-refractivity contribution in [2.24, 2.45) is 0 Å². The first-order chi connectivity index (χ1) is 12.6. The Balaban J connectivity index is 2.58. The fourth-order valence-electron chi connectivity index (χ4n) is 2.58. The summed E-state index contributed by atoms with van der Waals surface area (Å²) in [6, 6.07) is 11.1. The minimum atomic E-state index is 0.441. The number of methoxy groups -OCH3 is 5. The molecular weight excluding hydrogens is 334 g/mol. The summed E-state index contributed by atoms with van der Waals surface area (Å²) < 4.78 is 26.7. The van der Waals surface area contributed by atoms with Gasteiger partial charge in [0.1, 0.15) is 0 Å². The molecule has 2 aromatic carbocycles. The summed E-state index contributed by atoms with van der Waals surface area (Å²) in [5.41, 5.74) is 1.83. The SMILES string of the molecule is COc1ccc(/C(C#N)=C\c2ccc(OC)c(OC)c2OC)cc1OC. The monoisotopic (exact) mass is 355 g/mol. The summed E-state index contributed by atoms with van der Waals surface area (Å²) >= 11 is 0. The lowest BCUT2D eigenvalue weighted by atomic mass is 10.0. The topological polar surface area (TPSA) is 69.9 Å². The second-order valence-corrected chi connectivity index (χ2v) is 5.16. The van der Waals surface area contributed by atoms with Crippen molar-refractivity contribution in [1.29, 1.82) is 5.26 Å². The van der Waals surface area contributed by atoms with Crippen LogP contribution < -0.4 is 23.7 Å². The molecule has 0 atom stereocenters. The van der Waals surface area contributed by atoms with Crippen molar-refractivity contribution in [3.63, 3.8) is 0 Å². The summed E-state index contributed by atoms with van der Waals surface area (Å²) in [6.45, 7) is 0. The Hall–Kier alpha value is -3.33. The van der Waals surface area contributed by atoms with E-state index in [9.17, 15) is 5.26 Å². The molecule has 136 valence electrons. The zero-order valence-electron chi connectivity index (χ0n) is 15.5. The lowest BCUT2D eigenvalue weighted by molar-refractivity contribution is 0.324. The van der Waals surface area contributed by atoms with Crippen LogP contribution in [0.3, 0.4) is 0 Å². The molecule has 0 spiro atoms. The molecule has 0 radical (unpaired) electrons. The van der Waals surface area contributed by atoms with Gasteiger partial charge in [-0.3, -0.25) is 0 Å². The molecule has 0 heterocycles. The van der Waals surface area contributed by atoms with Gasteiger partial charge in [-0.25, -0.2) is 0 Å². The van der Waals surface area contributed by atoms with E-state index in [1.807, 2.05) is 0 Å². The van der Waals surface area contributed by atoms with E-state index in [4.69, 9.17) is 23.7 Å². The van der Waals surface area contributed by atoms with Crippen molar-refractivity contribution in [3.05, 3.63) is 41.5 Å². The van der Waals surface area contributed by atoms with Gasteiger partial charge in [0.15, 0.2) is 23.0 Å². The second kappa shape index (κ2) is 8.67. The van der Waals surface area contributed by atoms with Gasteiger partial charge >= 0.3 is 0 Å². The summed E-state index contributed by atoms with van der Waals surface area (Å²) in [6.07, 6.45) is 1.72. The maximum atomic E-state index is 9.63. The highest BCUT2D eigenvalue weighted by Gasteiger charge is 2.16. The smallest absolute Gasteiger partial charge is 0.203 e. The van der Waals surface area contributed by atoms with Gasteiger partial charge in [-0.2, -0.15) is 5.26 Å². The molecule has 2 aromatic rings. The van der Waals surface area contributed by atoms with Crippen molar-refractivity contribution in [2.75, 3.05) is 35.5 Å². The first-order valence-corrected chi connectivity index (χ1v) is 7.76. The maximum absolute atomic E-state index is 9.63. The summed E-state index contributed by atoms with van der Waals surface area (Å²) in [7, 11) is 7.74. The van der Waals surface area contributed by atoms with Crippen LogP contribution >= 0.6 is 0 Å². The Kier molecular flexibility index (Phi) is 6.34. The summed E-state index contributed by atoms with van der Waals surface area (Å²) in [5, 5.41) is 9.63. The Bertz CT molecular complexity index is 852. The van der Waals surface area contributed by atoms with E-state index in [0.29, 0.717) is 45.4 Å². The van der Waals surface area contributed by atoms with Gasteiger partial charge in [0, 0.05) is 5.56 Å². The minimum Gasteiger partial charge on any atom is -0.493 e. The number of nitriles is 1. The largest absolute Gasteiger partial charge is 0.493 e. The predicted octanol–water partition coefficient (Wildman–Crippen LogP) is 3.79. The van der Waals surface area contributed by atoms with Gasteiger partial charge < -0.3 is 23.7 Å². The number of rotatable bonds is 7. The first-order valence-electron chi connectivity index (χ1n) is 7.76. The van der Waals surface area contributed by atoms with E-state index < -0.39 is 0 Å². The molecule has 6 heteroatoms. The lowest BCUT2D eigenvalue weighted by Gasteiger charge is -2.14. The van der Waals surface area contributed by atoms with E-state index in [1.165, 1.54) is 14.2 Å². The van der Waals surface area contributed by atoms with Gasteiger partial charge in [-0.1, -0.05) is 0 Å². The Morgan fingerprint density at radius 3 is 1.92 bits per heavy atom. The number of hydrogen-bond acceptors (Lipinski definition) is 6. The average molecular weight is 355 g/mol. The molecule has 2 rings (SSSR count). The van der Waals surface area contributed by atoms with Gasteiger partial charge in [0.05, 0.1) is 47.2 Å². The summed E-state index contributed by atoms with van der Waals surface area (Å²) in [5.74, 6) is 2.64. The molecule has 0 bridgehead atoms. The van der Waals surface area contributed by atoms with E-state index in [1.54, 1.807) is 57.7 Å². The molecule has 0 unspecified atom stereocenters.